The number of para-hydroxylation sites is 1. The molecule has 21 heavy (non-hydrogen) atoms. The molecule has 2 rings (SSSR count). The Morgan fingerprint density at radius 1 is 1.33 bits per heavy atom. The van der Waals surface area contributed by atoms with Gasteiger partial charge < -0.3 is 10.5 Å². The summed E-state index contributed by atoms with van der Waals surface area (Å²) in [4.78, 5) is 10.6. The molecule has 0 aliphatic carbocycles. The van der Waals surface area contributed by atoms with Gasteiger partial charge in [0.2, 0.25) is 5.75 Å². The SMILES string of the molecule is Cc1cccc([N+](=O)[O-])c1Oc1ccc([C@H](C)N)c(Br)c1. The molecule has 0 bridgehead atoms. The lowest BCUT2D eigenvalue weighted by molar-refractivity contribution is -0.385. The van der Waals surface area contributed by atoms with Crippen LogP contribution in [0.1, 0.15) is 24.1 Å². The van der Waals surface area contributed by atoms with E-state index < -0.39 is 4.92 Å². The van der Waals surface area contributed by atoms with Crippen LogP contribution < -0.4 is 10.5 Å². The van der Waals surface area contributed by atoms with E-state index in [0.717, 1.165) is 10.0 Å². The zero-order valence-corrected chi connectivity index (χ0v) is 13.3. The van der Waals surface area contributed by atoms with Crippen LogP contribution in [0.25, 0.3) is 0 Å². The van der Waals surface area contributed by atoms with Crippen LogP contribution in [0.2, 0.25) is 0 Å². The van der Waals surface area contributed by atoms with Gasteiger partial charge in [0.25, 0.3) is 0 Å². The van der Waals surface area contributed by atoms with Gasteiger partial charge in [-0.05, 0) is 37.1 Å². The van der Waals surface area contributed by atoms with Crippen molar-refractivity contribution < 1.29 is 9.66 Å². The van der Waals surface area contributed by atoms with Gasteiger partial charge in [0.15, 0.2) is 0 Å². The first-order valence-electron chi connectivity index (χ1n) is 6.37. The molecule has 0 aliphatic rings. The van der Waals surface area contributed by atoms with Crippen molar-refractivity contribution in [3.63, 3.8) is 0 Å². The minimum Gasteiger partial charge on any atom is -0.450 e. The highest BCUT2D eigenvalue weighted by Crippen LogP contribution is 2.36. The maximum Gasteiger partial charge on any atom is 0.311 e. The molecule has 0 radical (unpaired) electrons. The summed E-state index contributed by atoms with van der Waals surface area (Å²) in [6.07, 6.45) is 0. The maximum absolute atomic E-state index is 11.1. The monoisotopic (exact) mass is 350 g/mol. The van der Waals surface area contributed by atoms with E-state index in [9.17, 15) is 10.1 Å². The lowest BCUT2D eigenvalue weighted by Crippen LogP contribution is -2.05. The number of nitro groups is 1. The molecular weight excluding hydrogens is 336 g/mol. The van der Waals surface area contributed by atoms with Gasteiger partial charge in [-0.2, -0.15) is 0 Å². The number of aryl methyl sites for hydroxylation is 1. The molecule has 1 atom stereocenters. The highest BCUT2D eigenvalue weighted by molar-refractivity contribution is 9.10. The van der Waals surface area contributed by atoms with Gasteiger partial charge in [0, 0.05) is 16.6 Å². The molecule has 0 heterocycles. The highest BCUT2D eigenvalue weighted by Gasteiger charge is 2.18. The Kier molecular flexibility index (Phi) is 4.59. The standard InChI is InChI=1S/C15H15BrN2O3/c1-9-4-3-5-14(18(19)20)15(9)21-11-6-7-12(10(2)17)13(16)8-11/h3-8,10H,17H2,1-2H3/t10-/m0/s1. The molecule has 2 aromatic rings. The average molecular weight is 351 g/mol. The number of halogens is 1. The molecule has 2 aromatic carbocycles. The smallest absolute Gasteiger partial charge is 0.311 e. The molecule has 2 N–H and O–H groups in total. The van der Waals surface area contributed by atoms with Gasteiger partial charge in [-0.3, -0.25) is 10.1 Å². The van der Waals surface area contributed by atoms with Crippen molar-refractivity contribution in [2.75, 3.05) is 0 Å². The maximum atomic E-state index is 11.1. The fraction of sp³-hybridized carbons (Fsp3) is 0.200. The molecule has 5 nitrogen and oxygen atoms in total. The molecule has 0 spiro atoms. The molecule has 0 fully saturated rings. The minimum absolute atomic E-state index is 0.0533. The zero-order valence-electron chi connectivity index (χ0n) is 11.7. The summed E-state index contributed by atoms with van der Waals surface area (Å²) in [7, 11) is 0. The number of nitrogens with zero attached hydrogens (tertiary/aromatic N) is 1. The number of ether oxygens (including phenoxy) is 1. The first-order valence-corrected chi connectivity index (χ1v) is 7.16. The first kappa shape index (κ1) is 15.5. The van der Waals surface area contributed by atoms with Crippen LogP contribution in [0.3, 0.4) is 0 Å². The number of hydrogen-bond donors (Lipinski definition) is 1. The van der Waals surface area contributed by atoms with Crippen LogP contribution in [0.15, 0.2) is 40.9 Å². The predicted octanol–water partition coefficient (Wildman–Crippen LogP) is 4.48. The molecule has 0 saturated heterocycles. The second-order valence-electron chi connectivity index (χ2n) is 4.75. The lowest BCUT2D eigenvalue weighted by atomic mass is 10.1. The van der Waals surface area contributed by atoms with E-state index >= 15 is 0 Å². The Morgan fingerprint density at radius 2 is 2.05 bits per heavy atom. The Balaban J connectivity index is 2.39. The van der Waals surface area contributed by atoms with E-state index in [2.05, 4.69) is 15.9 Å². The summed E-state index contributed by atoms with van der Waals surface area (Å²) in [5, 5.41) is 11.1. The van der Waals surface area contributed by atoms with E-state index in [-0.39, 0.29) is 17.5 Å². The van der Waals surface area contributed by atoms with Crippen molar-refractivity contribution in [2.24, 2.45) is 5.73 Å². The molecule has 0 unspecified atom stereocenters. The molecule has 0 amide bonds. The summed E-state index contributed by atoms with van der Waals surface area (Å²) < 4.78 is 6.52. The van der Waals surface area contributed by atoms with E-state index in [1.807, 2.05) is 13.0 Å². The summed E-state index contributed by atoms with van der Waals surface area (Å²) in [6, 6.07) is 10.1. The summed E-state index contributed by atoms with van der Waals surface area (Å²) in [5.41, 5.74) is 7.44. The molecule has 6 heteroatoms. The first-order chi connectivity index (χ1) is 9.90. The van der Waals surface area contributed by atoms with Crippen LogP contribution in [-0.2, 0) is 0 Å². The van der Waals surface area contributed by atoms with Crippen LogP contribution in [0.4, 0.5) is 5.69 Å². The van der Waals surface area contributed by atoms with Crippen molar-refractivity contribution in [3.05, 3.63) is 62.1 Å². The van der Waals surface area contributed by atoms with Gasteiger partial charge in [-0.1, -0.05) is 34.1 Å². The number of nitrogens with two attached hydrogens (primary N) is 1. The van der Waals surface area contributed by atoms with E-state index in [1.54, 1.807) is 31.2 Å². The van der Waals surface area contributed by atoms with Gasteiger partial charge >= 0.3 is 5.69 Å². The van der Waals surface area contributed by atoms with Crippen molar-refractivity contribution >= 4 is 21.6 Å². The molecule has 110 valence electrons. The quantitative estimate of drug-likeness (QED) is 0.651. The largest absolute Gasteiger partial charge is 0.450 e. The third-order valence-electron chi connectivity index (χ3n) is 3.07. The molecular formula is C15H15BrN2O3. The zero-order chi connectivity index (χ0) is 15.6. The van der Waals surface area contributed by atoms with Gasteiger partial charge in [0.05, 0.1) is 4.92 Å². The fourth-order valence-electron chi connectivity index (χ4n) is 1.97. The third-order valence-corrected chi connectivity index (χ3v) is 3.76. The van der Waals surface area contributed by atoms with Gasteiger partial charge in [-0.25, -0.2) is 0 Å². The predicted molar refractivity (Wildman–Crippen MR) is 84.7 cm³/mol. The number of nitro benzene ring substituents is 1. The molecule has 0 aliphatic heterocycles. The third kappa shape index (κ3) is 3.40. The van der Waals surface area contributed by atoms with Crippen molar-refractivity contribution in [1.82, 2.24) is 0 Å². The lowest BCUT2D eigenvalue weighted by Gasteiger charge is -2.12. The molecule has 0 aromatic heterocycles. The topological polar surface area (TPSA) is 78.4 Å². The summed E-state index contributed by atoms with van der Waals surface area (Å²) >= 11 is 3.43. The Labute approximate surface area is 131 Å². The average Bonchev–Trinajstić information content (AvgIpc) is 2.40. The van der Waals surface area contributed by atoms with Crippen molar-refractivity contribution in [3.8, 4) is 11.5 Å². The number of rotatable bonds is 4. The van der Waals surface area contributed by atoms with Crippen molar-refractivity contribution in [2.45, 2.75) is 19.9 Å². The fourth-order valence-corrected chi connectivity index (χ4v) is 2.69. The van der Waals surface area contributed by atoms with Crippen LogP contribution in [-0.4, -0.2) is 4.92 Å². The Hall–Kier alpha value is -1.92. The summed E-state index contributed by atoms with van der Waals surface area (Å²) in [6.45, 7) is 3.65. The minimum atomic E-state index is -0.451. The van der Waals surface area contributed by atoms with E-state index in [0.29, 0.717) is 11.3 Å². The van der Waals surface area contributed by atoms with Crippen LogP contribution in [0.5, 0.6) is 11.5 Å². The van der Waals surface area contributed by atoms with Crippen molar-refractivity contribution in [1.29, 1.82) is 0 Å². The summed E-state index contributed by atoms with van der Waals surface area (Å²) in [5.74, 6) is 0.770. The number of benzene rings is 2. The van der Waals surface area contributed by atoms with Crippen LogP contribution in [0, 0.1) is 17.0 Å². The second-order valence-corrected chi connectivity index (χ2v) is 5.61. The van der Waals surface area contributed by atoms with E-state index in [4.69, 9.17) is 10.5 Å². The second kappa shape index (κ2) is 6.24. The van der Waals surface area contributed by atoms with E-state index in [1.165, 1.54) is 6.07 Å². The Morgan fingerprint density at radius 3 is 2.62 bits per heavy atom. The normalized spacial score (nSPS) is 12.0. The Bertz CT molecular complexity index is 687. The highest BCUT2D eigenvalue weighted by atomic mass is 79.9. The van der Waals surface area contributed by atoms with Gasteiger partial charge in [0.1, 0.15) is 5.75 Å². The van der Waals surface area contributed by atoms with Gasteiger partial charge in [-0.15, -0.1) is 0 Å². The number of hydrogen-bond acceptors (Lipinski definition) is 4. The van der Waals surface area contributed by atoms with Crippen LogP contribution >= 0.6 is 15.9 Å². The molecule has 0 saturated carbocycles.